The molecule has 2 rings (SSSR count). The highest BCUT2D eigenvalue weighted by Gasteiger charge is 1.97. The molecule has 0 aliphatic heterocycles. The van der Waals surface area contributed by atoms with Crippen LogP contribution in [0.15, 0.2) is 18.2 Å². The molecule has 0 spiro atoms. The smallest absolute Gasteiger partial charge is 0.215 e. The van der Waals surface area contributed by atoms with Crippen LogP contribution < -0.4 is 0 Å². The number of fused-ring (bicyclic) bond motifs is 1. The monoisotopic (exact) mass is 136 g/mol. The first-order valence-electron chi connectivity index (χ1n) is 2.74. The Balaban J connectivity index is 2.95. The molecule has 2 aromatic rings. The number of hydrogen-bond donors (Lipinski definition) is 1. The van der Waals surface area contributed by atoms with E-state index in [1.54, 1.807) is 12.1 Å². The highest BCUT2D eigenvalue weighted by molar-refractivity contribution is 5.37. The molecule has 50 valence electrons. The highest BCUT2D eigenvalue weighted by Crippen LogP contribution is 2.06. The van der Waals surface area contributed by atoms with Crippen LogP contribution in [0.2, 0.25) is 0 Å². The minimum absolute atomic E-state index is 0.0440. The van der Waals surface area contributed by atoms with E-state index in [1.165, 1.54) is 10.6 Å². The summed E-state index contributed by atoms with van der Waals surface area (Å²) in [5, 5.41) is 19.6. The summed E-state index contributed by atoms with van der Waals surface area (Å²) in [5.74, 6) is 0.0440. The quantitative estimate of drug-likeness (QED) is 0.546. The molecular weight excluding hydrogens is 132 g/mol. The van der Waals surface area contributed by atoms with Gasteiger partial charge in [0.05, 0.1) is 0 Å². The fraction of sp³-hybridized carbons (Fsp3) is 0. The summed E-state index contributed by atoms with van der Waals surface area (Å²) in [6.07, 6.45) is 0. The van der Waals surface area contributed by atoms with Gasteiger partial charge in [0.1, 0.15) is 0 Å². The van der Waals surface area contributed by atoms with Gasteiger partial charge in [-0.1, -0.05) is 6.07 Å². The van der Waals surface area contributed by atoms with Crippen LogP contribution >= 0.6 is 0 Å². The Bertz CT molecular complexity index is 355. The molecule has 1 N–H and O–H groups in total. The maximum absolute atomic E-state index is 9.08. The first-order valence-corrected chi connectivity index (χ1v) is 2.74. The van der Waals surface area contributed by atoms with Crippen molar-refractivity contribution in [3.05, 3.63) is 18.2 Å². The lowest BCUT2D eigenvalue weighted by atomic mass is 10.5. The van der Waals surface area contributed by atoms with E-state index in [-0.39, 0.29) is 5.88 Å². The maximum atomic E-state index is 9.08. The molecule has 0 saturated heterocycles. The molecule has 5 nitrogen and oxygen atoms in total. The lowest BCUT2D eigenvalue weighted by Gasteiger charge is -1.90. The van der Waals surface area contributed by atoms with Crippen molar-refractivity contribution < 1.29 is 5.11 Å². The Morgan fingerprint density at radius 3 is 3.10 bits per heavy atom. The van der Waals surface area contributed by atoms with E-state index in [2.05, 4.69) is 15.5 Å². The first kappa shape index (κ1) is 5.16. The number of nitrogens with zero attached hydrogens (tertiary/aromatic N) is 4. The van der Waals surface area contributed by atoms with Crippen molar-refractivity contribution in [2.75, 3.05) is 0 Å². The molecule has 0 atom stereocenters. The molecular formula is C5H4N4O. The van der Waals surface area contributed by atoms with Crippen LogP contribution in [0, 0.1) is 0 Å². The number of aromatic nitrogens is 4. The summed E-state index contributed by atoms with van der Waals surface area (Å²) in [6, 6.07) is 4.91. The molecule has 0 fully saturated rings. The Hall–Kier alpha value is -1.65. The summed E-state index contributed by atoms with van der Waals surface area (Å²) in [4.78, 5) is 0. The van der Waals surface area contributed by atoms with Gasteiger partial charge in [-0.2, -0.15) is 4.52 Å². The maximum Gasteiger partial charge on any atom is 0.215 e. The van der Waals surface area contributed by atoms with E-state index in [0.717, 1.165) is 0 Å². The van der Waals surface area contributed by atoms with Gasteiger partial charge < -0.3 is 5.11 Å². The third-order valence-corrected chi connectivity index (χ3v) is 1.20. The molecule has 2 aromatic heterocycles. The predicted octanol–water partition coefficient (Wildman–Crippen LogP) is -0.170. The van der Waals surface area contributed by atoms with E-state index in [4.69, 9.17) is 5.11 Å². The Morgan fingerprint density at radius 2 is 2.30 bits per heavy atom. The standard InChI is InChI=1S/C5H4N4O/c10-5-3-1-2-4-6-7-8-9(4)5/h1-3,10H. The normalized spacial score (nSPS) is 10.4. The van der Waals surface area contributed by atoms with Crippen LogP contribution in [0.5, 0.6) is 5.88 Å². The molecule has 0 saturated carbocycles. The van der Waals surface area contributed by atoms with E-state index >= 15 is 0 Å². The molecule has 2 heterocycles. The average molecular weight is 136 g/mol. The summed E-state index contributed by atoms with van der Waals surface area (Å²) < 4.78 is 1.25. The highest BCUT2D eigenvalue weighted by atomic mass is 16.3. The number of pyridine rings is 1. The van der Waals surface area contributed by atoms with Crippen LogP contribution in [-0.2, 0) is 0 Å². The van der Waals surface area contributed by atoms with Crippen LogP contribution in [0.3, 0.4) is 0 Å². The third-order valence-electron chi connectivity index (χ3n) is 1.20. The molecule has 0 aliphatic rings. The van der Waals surface area contributed by atoms with E-state index in [9.17, 15) is 0 Å². The average Bonchev–Trinajstić information content (AvgIpc) is 2.36. The second kappa shape index (κ2) is 1.66. The Labute approximate surface area is 55.9 Å². The predicted molar refractivity (Wildman–Crippen MR) is 32.4 cm³/mol. The third kappa shape index (κ3) is 0.540. The summed E-state index contributed by atoms with van der Waals surface area (Å²) in [6.45, 7) is 0. The van der Waals surface area contributed by atoms with Gasteiger partial charge in [-0.25, -0.2) is 0 Å². The van der Waals surface area contributed by atoms with Crippen molar-refractivity contribution >= 4 is 5.65 Å². The van der Waals surface area contributed by atoms with Crippen molar-refractivity contribution in [3.8, 4) is 5.88 Å². The molecule has 0 radical (unpaired) electrons. The molecule has 5 heteroatoms. The minimum Gasteiger partial charge on any atom is -0.493 e. The van der Waals surface area contributed by atoms with Gasteiger partial charge in [0.15, 0.2) is 5.65 Å². The van der Waals surface area contributed by atoms with Crippen molar-refractivity contribution in [3.63, 3.8) is 0 Å². The topological polar surface area (TPSA) is 63.3 Å². The summed E-state index contributed by atoms with van der Waals surface area (Å²) in [5.41, 5.74) is 0.542. The van der Waals surface area contributed by atoms with Crippen LogP contribution in [-0.4, -0.2) is 25.1 Å². The second-order valence-electron chi connectivity index (χ2n) is 1.83. The van der Waals surface area contributed by atoms with Crippen LogP contribution in [0.4, 0.5) is 0 Å². The fourth-order valence-corrected chi connectivity index (χ4v) is 0.752. The van der Waals surface area contributed by atoms with Gasteiger partial charge in [-0.15, -0.1) is 5.10 Å². The van der Waals surface area contributed by atoms with Gasteiger partial charge in [0.25, 0.3) is 0 Å². The van der Waals surface area contributed by atoms with Crippen molar-refractivity contribution in [2.45, 2.75) is 0 Å². The molecule has 0 aromatic carbocycles. The van der Waals surface area contributed by atoms with Crippen LogP contribution in [0.1, 0.15) is 0 Å². The largest absolute Gasteiger partial charge is 0.493 e. The van der Waals surface area contributed by atoms with Gasteiger partial charge in [0.2, 0.25) is 5.88 Å². The van der Waals surface area contributed by atoms with Gasteiger partial charge in [0, 0.05) is 6.07 Å². The molecule has 0 bridgehead atoms. The summed E-state index contributed by atoms with van der Waals surface area (Å²) in [7, 11) is 0. The summed E-state index contributed by atoms with van der Waals surface area (Å²) >= 11 is 0. The lowest BCUT2D eigenvalue weighted by molar-refractivity contribution is 0.434. The molecule has 0 unspecified atom stereocenters. The van der Waals surface area contributed by atoms with Gasteiger partial charge in [-0.3, -0.25) is 0 Å². The molecule has 0 amide bonds. The zero-order valence-electron chi connectivity index (χ0n) is 4.97. The fourth-order valence-electron chi connectivity index (χ4n) is 0.752. The van der Waals surface area contributed by atoms with E-state index in [0.29, 0.717) is 5.65 Å². The van der Waals surface area contributed by atoms with Crippen molar-refractivity contribution in [1.82, 2.24) is 20.0 Å². The number of rotatable bonds is 0. The first-order chi connectivity index (χ1) is 4.88. The lowest BCUT2D eigenvalue weighted by Crippen LogP contribution is -1.86. The van der Waals surface area contributed by atoms with Crippen LogP contribution in [0.25, 0.3) is 5.65 Å². The van der Waals surface area contributed by atoms with Crippen molar-refractivity contribution in [1.29, 1.82) is 0 Å². The zero-order valence-corrected chi connectivity index (χ0v) is 4.97. The second-order valence-corrected chi connectivity index (χ2v) is 1.83. The molecule has 0 aliphatic carbocycles. The van der Waals surface area contributed by atoms with E-state index in [1.807, 2.05) is 0 Å². The number of tetrazole rings is 1. The SMILES string of the molecule is Oc1cccc2nnnn12. The number of aromatic hydroxyl groups is 1. The Morgan fingerprint density at radius 1 is 1.40 bits per heavy atom. The Kier molecular flexibility index (Phi) is 0.858. The van der Waals surface area contributed by atoms with Crippen molar-refractivity contribution in [2.24, 2.45) is 0 Å². The molecule has 10 heavy (non-hydrogen) atoms. The number of hydrogen-bond acceptors (Lipinski definition) is 4. The van der Waals surface area contributed by atoms with Gasteiger partial charge >= 0.3 is 0 Å². The van der Waals surface area contributed by atoms with E-state index < -0.39 is 0 Å². The zero-order chi connectivity index (χ0) is 6.97. The minimum atomic E-state index is 0.0440. The van der Waals surface area contributed by atoms with Gasteiger partial charge in [-0.05, 0) is 16.5 Å².